The summed E-state index contributed by atoms with van der Waals surface area (Å²) in [6, 6.07) is 7.23. The minimum absolute atomic E-state index is 0.0286. The third kappa shape index (κ3) is 2.73. The van der Waals surface area contributed by atoms with Gasteiger partial charge in [-0.3, -0.25) is 0 Å². The lowest BCUT2D eigenvalue weighted by atomic mass is 10.3. The molecule has 0 radical (unpaired) electrons. The van der Waals surface area contributed by atoms with Crippen molar-refractivity contribution < 1.29 is 13.5 Å². The molecule has 1 aromatic heterocycles. The summed E-state index contributed by atoms with van der Waals surface area (Å²) < 4.78 is 31.3. The highest BCUT2D eigenvalue weighted by molar-refractivity contribution is 6.29. The molecule has 2 rings (SSSR count). The Balaban J connectivity index is 2.37. The summed E-state index contributed by atoms with van der Waals surface area (Å²) in [5.41, 5.74) is 0.210. The van der Waals surface area contributed by atoms with E-state index in [1.54, 1.807) is 0 Å². The largest absolute Gasteiger partial charge is 0.436 e. The number of aromatic nitrogens is 1. The number of rotatable bonds is 2. The Morgan fingerprint density at radius 1 is 1.22 bits per heavy atom. The molecule has 1 aromatic carbocycles. The molecular weight excluding hydrogens is 262 g/mol. The molecule has 0 fully saturated rings. The van der Waals surface area contributed by atoms with Crippen molar-refractivity contribution in [3.05, 3.63) is 52.7 Å². The number of nitriles is 1. The number of nitrogens with zero attached hydrogens (tertiary/aromatic N) is 2. The average molecular weight is 267 g/mol. The first-order valence-corrected chi connectivity index (χ1v) is 5.17. The van der Waals surface area contributed by atoms with Crippen LogP contribution in [0.5, 0.6) is 11.6 Å². The molecule has 0 amide bonds. The maximum Gasteiger partial charge on any atom is 0.222 e. The smallest absolute Gasteiger partial charge is 0.222 e. The lowest BCUT2D eigenvalue weighted by Gasteiger charge is -2.06. The summed E-state index contributed by atoms with van der Waals surface area (Å²) in [6.45, 7) is 0. The average Bonchev–Trinajstić information content (AvgIpc) is 2.33. The Morgan fingerprint density at radius 2 is 2.00 bits per heavy atom. The molecule has 0 aliphatic rings. The van der Waals surface area contributed by atoms with Gasteiger partial charge in [-0.25, -0.2) is 13.8 Å². The van der Waals surface area contributed by atoms with Crippen LogP contribution in [0.2, 0.25) is 5.15 Å². The normalized spacial score (nSPS) is 9.89. The molecule has 1 heterocycles. The molecule has 3 nitrogen and oxygen atoms in total. The van der Waals surface area contributed by atoms with Gasteiger partial charge in [0.2, 0.25) is 5.88 Å². The number of hydrogen-bond acceptors (Lipinski definition) is 3. The van der Waals surface area contributed by atoms with Crippen molar-refractivity contribution in [3.8, 4) is 17.7 Å². The number of halogens is 3. The van der Waals surface area contributed by atoms with Crippen LogP contribution >= 0.6 is 11.6 Å². The zero-order valence-electron chi connectivity index (χ0n) is 8.82. The topological polar surface area (TPSA) is 45.9 Å². The predicted octanol–water partition coefficient (Wildman–Crippen LogP) is 3.68. The number of pyridine rings is 1. The quantitative estimate of drug-likeness (QED) is 0.779. The second-order valence-corrected chi connectivity index (χ2v) is 3.69. The molecule has 2 aromatic rings. The van der Waals surface area contributed by atoms with Crippen molar-refractivity contribution in [1.82, 2.24) is 4.98 Å². The number of benzene rings is 1. The maximum absolute atomic E-state index is 13.3. The molecule has 0 saturated carbocycles. The van der Waals surface area contributed by atoms with Gasteiger partial charge in [0, 0.05) is 12.1 Å². The summed E-state index contributed by atoms with van der Waals surface area (Å²) in [4.78, 5) is 3.75. The summed E-state index contributed by atoms with van der Waals surface area (Å²) in [7, 11) is 0. The lowest BCUT2D eigenvalue weighted by molar-refractivity contribution is 0.422. The zero-order chi connectivity index (χ0) is 13.1. The number of ether oxygens (including phenoxy) is 1. The van der Waals surface area contributed by atoms with E-state index in [1.807, 2.05) is 6.07 Å². The minimum Gasteiger partial charge on any atom is -0.436 e. The first kappa shape index (κ1) is 12.3. The van der Waals surface area contributed by atoms with E-state index in [0.29, 0.717) is 0 Å². The van der Waals surface area contributed by atoms with Gasteiger partial charge in [0.05, 0.1) is 11.6 Å². The Hall–Kier alpha value is -2.19. The molecular formula is C12H5ClF2N2O. The Morgan fingerprint density at radius 3 is 2.72 bits per heavy atom. The standard InChI is InChI=1S/C12H5ClF2N2O/c13-11-3-7(6-16)4-12(17-11)18-10-5-8(14)1-2-9(10)15/h1-5H. The minimum atomic E-state index is -0.739. The van der Waals surface area contributed by atoms with E-state index in [1.165, 1.54) is 12.1 Å². The van der Waals surface area contributed by atoms with E-state index in [-0.39, 0.29) is 22.3 Å². The molecule has 0 aliphatic carbocycles. The van der Waals surface area contributed by atoms with Gasteiger partial charge in [0.1, 0.15) is 11.0 Å². The first-order valence-electron chi connectivity index (χ1n) is 4.79. The van der Waals surface area contributed by atoms with E-state index < -0.39 is 11.6 Å². The van der Waals surface area contributed by atoms with Gasteiger partial charge in [0.15, 0.2) is 11.6 Å². The molecule has 6 heteroatoms. The molecule has 0 bridgehead atoms. The van der Waals surface area contributed by atoms with Crippen molar-refractivity contribution in [3.63, 3.8) is 0 Å². The van der Waals surface area contributed by atoms with Crippen molar-refractivity contribution in [2.24, 2.45) is 0 Å². The first-order chi connectivity index (χ1) is 8.58. The number of hydrogen-bond donors (Lipinski definition) is 0. The van der Waals surface area contributed by atoms with Crippen LogP contribution in [-0.2, 0) is 0 Å². The van der Waals surface area contributed by atoms with Gasteiger partial charge >= 0.3 is 0 Å². The molecule has 0 spiro atoms. The van der Waals surface area contributed by atoms with E-state index in [2.05, 4.69) is 4.98 Å². The fraction of sp³-hybridized carbons (Fsp3) is 0. The molecule has 0 saturated heterocycles. The zero-order valence-corrected chi connectivity index (χ0v) is 9.58. The van der Waals surface area contributed by atoms with Gasteiger partial charge in [-0.15, -0.1) is 0 Å². The van der Waals surface area contributed by atoms with E-state index in [9.17, 15) is 8.78 Å². The lowest BCUT2D eigenvalue weighted by Crippen LogP contribution is -1.93. The Kier molecular flexibility index (Phi) is 3.40. The fourth-order valence-electron chi connectivity index (χ4n) is 1.26. The summed E-state index contributed by atoms with van der Waals surface area (Å²) >= 11 is 5.66. The van der Waals surface area contributed by atoms with Crippen molar-refractivity contribution >= 4 is 11.6 Å². The van der Waals surface area contributed by atoms with Gasteiger partial charge in [-0.2, -0.15) is 5.26 Å². The van der Waals surface area contributed by atoms with Crippen LogP contribution in [0.4, 0.5) is 8.78 Å². The summed E-state index contributed by atoms with van der Waals surface area (Å²) in [5.74, 6) is -1.79. The van der Waals surface area contributed by atoms with Gasteiger partial charge in [0.25, 0.3) is 0 Å². The molecule has 0 aliphatic heterocycles. The van der Waals surface area contributed by atoms with Gasteiger partial charge in [-0.05, 0) is 18.2 Å². The molecule has 0 atom stereocenters. The highest BCUT2D eigenvalue weighted by Gasteiger charge is 2.09. The van der Waals surface area contributed by atoms with Crippen molar-refractivity contribution in [1.29, 1.82) is 5.26 Å². The van der Waals surface area contributed by atoms with E-state index >= 15 is 0 Å². The van der Waals surface area contributed by atoms with Crippen molar-refractivity contribution in [2.75, 3.05) is 0 Å². The highest BCUT2D eigenvalue weighted by Crippen LogP contribution is 2.25. The molecule has 90 valence electrons. The fourth-order valence-corrected chi connectivity index (χ4v) is 1.46. The molecule has 0 unspecified atom stereocenters. The molecule has 0 N–H and O–H groups in total. The second kappa shape index (κ2) is 4.98. The van der Waals surface area contributed by atoms with Crippen LogP contribution in [0.1, 0.15) is 5.56 Å². The van der Waals surface area contributed by atoms with E-state index in [0.717, 1.165) is 18.2 Å². The van der Waals surface area contributed by atoms with Crippen molar-refractivity contribution in [2.45, 2.75) is 0 Å². The molecule has 18 heavy (non-hydrogen) atoms. The van der Waals surface area contributed by atoms with Crippen LogP contribution in [0.15, 0.2) is 30.3 Å². The van der Waals surface area contributed by atoms with Gasteiger partial charge < -0.3 is 4.74 Å². The monoisotopic (exact) mass is 266 g/mol. The van der Waals surface area contributed by atoms with Crippen LogP contribution in [0.25, 0.3) is 0 Å². The predicted molar refractivity (Wildman–Crippen MR) is 60.4 cm³/mol. The second-order valence-electron chi connectivity index (χ2n) is 3.31. The summed E-state index contributed by atoms with van der Waals surface area (Å²) in [6.07, 6.45) is 0. The van der Waals surface area contributed by atoms with Crippen LogP contribution < -0.4 is 4.74 Å². The third-order valence-corrected chi connectivity index (χ3v) is 2.20. The Bertz CT molecular complexity index is 640. The van der Waals surface area contributed by atoms with Crippen LogP contribution in [-0.4, -0.2) is 4.98 Å². The highest BCUT2D eigenvalue weighted by atomic mass is 35.5. The third-order valence-electron chi connectivity index (χ3n) is 2.01. The Labute approximate surface area is 106 Å². The SMILES string of the molecule is N#Cc1cc(Cl)nc(Oc2cc(F)ccc2F)c1. The van der Waals surface area contributed by atoms with Gasteiger partial charge in [-0.1, -0.05) is 11.6 Å². The van der Waals surface area contributed by atoms with E-state index in [4.69, 9.17) is 21.6 Å². The maximum atomic E-state index is 13.3. The summed E-state index contributed by atoms with van der Waals surface area (Å²) in [5, 5.41) is 8.75. The van der Waals surface area contributed by atoms with Crippen LogP contribution in [0.3, 0.4) is 0 Å². The van der Waals surface area contributed by atoms with Crippen LogP contribution in [0, 0.1) is 23.0 Å².